The second kappa shape index (κ2) is 7.68. The molecule has 4 rings (SSSR count). The summed E-state index contributed by atoms with van der Waals surface area (Å²) >= 11 is 0. The number of phenols is 1. The van der Waals surface area contributed by atoms with Crippen molar-refractivity contribution in [1.29, 1.82) is 0 Å². The Morgan fingerprint density at radius 3 is 2.67 bits per heavy atom. The van der Waals surface area contributed by atoms with Gasteiger partial charge in [0.25, 0.3) is 5.91 Å². The molecule has 0 fully saturated rings. The van der Waals surface area contributed by atoms with Gasteiger partial charge >= 0.3 is 0 Å². The van der Waals surface area contributed by atoms with Crippen LogP contribution in [0.4, 0.5) is 0 Å². The minimum absolute atomic E-state index is 0.00721. The van der Waals surface area contributed by atoms with Crippen molar-refractivity contribution in [3.05, 3.63) is 70.2 Å². The Morgan fingerprint density at radius 2 is 1.97 bits per heavy atom. The first-order chi connectivity index (χ1) is 14.3. The third kappa shape index (κ3) is 4.20. The van der Waals surface area contributed by atoms with E-state index in [9.17, 15) is 23.1 Å². The molecule has 1 aliphatic heterocycles. The van der Waals surface area contributed by atoms with E-state index in [0.717, 1.165) is 5.41 Å². The molecule has 1 aliphatic rings. The van der Waals surface area contributed by atoms with Crippen LogP contribution in [0.15, 0.2) is 69.2 Å². The van der Waals surface area contributed by atoms with Crippen molar-refractivity contribution >= 4 is 26.7 Å². The number of aromatic hydroxyl groups is 1. The molecule has 0 spiro atoms. The summed E-state index contributed by atoms with van der Waals surface area (Å²) in [6, 6.07) is 12.3. The summed E-state index contributed by atoms with van der Waals surface area (Å²) in [5.41, 5.74) is 0.397. The van der Waals surface area contributed by atoms with E-state index in [0.29, 0.717) is 11.3 Å². The standard InChI is InChI=1S/C21H17NO7S/c23-16-8-15(28-11-20(25)22-14-6-7-30(26,27)12-14)9-19-21(16)17(24)10-18(29-19)13-4-2-1-3-5-13/h1-10,14,23H,11-12H2,(H,22,25)/t14-/m0/s1. The molecule has 8 nitrogen and oxygen atoms in total. The number of fused-ring (bicyclic) bond motifs is 1. The van der Waals surface area contributed by atoms with Crippen LogP contribution in [0.25, 0.3) is 22.3 Å². The van der Waals surface area contributed by atoms with Crippen LogP contribution in [-0.2, 0) is 14.6 Å². The molecular weight excluding hydrogens is 410 g/mol. The first-order valence-electron chi connectivity index (χ1n) is 9.00. The first kappa shape index (κ1) is 19.7. The number of carbonyl (C=O) groups excluding carboxylic acids is 1. The van der Waals surface area contributed by atoms with Gasteiger partial charge in [0.2, 0.25) is 0 Å². The molecule has 1 amide bonds. The zero-order chi connectivity index (χ0) is 21.3. The van der Waals surface area contributed by atoms with E-state index in [1.807, 2.05) is 6.07 Å². The summed E-state index contributed by atoms with van der Waals surface area (Å²) in [7, 11) is -3.28. The number of hydrogen-bond donors (Lipinski definition) is 2. The number of sulfone groups is 1. The number of ether oxygens (including phenoxy) is 1. The maximum absolute atomic E-state index is 12.4. The molecule has 0 bridgehead atoms. The summed E-state index contributed by atoms with van der Waals surface area (Å²) in [6.07, 6.45) is 1.40. The van der Waals surface area contributed by atoms with Crippen molar-refractivity contribution in [3.8, 4) is 22.8 Å². The Labute approximate surface area is 171 Å². The van der Waals surface area contributed by atoms with Gasteiger partial charge in [-0.1, -0.05) is 30.3 Å². The van der Waals surface area contributed by atoms with Gasteiger partial charge in [0, 0.05) is 29.2 Å². The van der Waals surface area contributed by atoms with Crippen molar-refractivity contribution in [2.45, 2.75) is 6.04 Å². The Kier molecular flexibility index (Phi) is 5.04. The lowest BCUT2D eigenvalue weighted by Crippen LogP contribution is -2.38. The number of rotatable bonds is 5. The van der Waals surface area contributed by atoms with Gasteiger partial charge in [-0.25, -0.2) is 8.42 Å². The van der Waals surface area contributed by atoms with Crippen LogP contribution in [0.5, 0.6) is 11.5 Å². The fourth-order valence-corrected chi connectivity index (χ4v) is 4.37. The van der Waals surface area contributed by atoms with E-state index in [1.54, 1.807) is 24.3 Å². The summed E-state index contributed by atoms with van der Waals surface area (Å²) in [4.78, 5) is 24.5. The van der Waals surface area contributed by atoms with E-state index in [2.05, 4.69) is 5.32 Å². The summed E-state index contributed by atoms with van der Waals surface area (Å²) in [6.45, 7) is -0.405. The van der Waals surface area contributed by atoms with Crippen molar-refractivity contribution in [1.82, 2.24) is 5.32 Å². The zero-order valence-electron chi connectivity index (χ0n) is 15.6. The molecule has 0 saturated heterocycles. The maximum Gasteiger partial charge on any atom is 0.258 e. The van der Waals surface area contributed by atoms with Crippen molar-refractivity contribution in [2.75, 3.05) is 12.4 Å². The molecule has 0 unspecified atom stereocenters. The Bertz CT molecular complexity index is 1310. The molecule has 2 aromatic carbocycles. The van der Waals surface area contributed by atoms with Gasteiger partial charge in [-0.15, -0.1) is 0 Å². The van der Waals surface area contributed by atoms with Crippen LogP contribution in [0.2, 0.25) is 0 Å². The van der Waals surface area contributed by atoms with Crippen LogP contribution in [-0.4, -0.2) is 37.8 Å². The molecule has 2 N–H and O–H groups in total. The number of amides is 1. The Morgan fingerprint density at radius 1 is 1.20 bits per heavy atom. The highest BCUT2D eigenvalue weighted by Gasteiger charge is 2.23. The molecule has 9 heteroatoms. The minimum atomic E-state index is -3.28. The molecule has 1 aromatic heterocycles. The van der Waals surface area contributed by atoms with E-state index in [-0.39, 0.29) is 28.2 Å². The predicted molar refractivity (Wildman–Crippen MR) is 110 cm³/mol. The van der Waals surface area contributed by atoms with Crippen molar-refractivity contribution < 1.29 is 27.5 Å². The fraction of sp³-hybridized carbons (Fsp3) is 0.143. The third-order valence-corrected chi connectivity index (χ3v) is 5.88. The molecule has 1 atom stereocenters. The van der Waals surface area contributed by atoms with Gasteiger partial charge < -0.3 is 19.6 Å². The number of nitrogens with one attached hydrogen (secondary N) is 1. The maximum atomic E-state index is 12.4. The smallest absolute Gasteiger partial charge is 0.258 e. The lowest BCUT2D eigenvalue weighted by atomic mass is 10.1. The fourth-order valence-electron chi connectivity index (χ4n) is 3.13. The van der Waals surface area contributed by atoms with E-state index < -0.39 is 33.8 Å². The number of benzene rings is 2. The second-order valence-electron chi connectivity index (χ2n) is 6.78. The number of hydrogen-bond acceptors (Lipinski definition) is 7. The van der Waals surface area contributed by atoms with Gasteiger partial charge in [-0.05, 0) is 6.08 Å². The van der Waals surface area contributed by atoms with E-state index in [1.165, 1.54) is 24.3 Å². The zero-order valence-corrected chi connectivity index (χ0v) is 16.4. The molecule has 0 saturated carbocycles. The second-order valence-corrected chi connectivity index (χ2v) is 8.71. The highest BCUT2D eigenvalue weighted by molar-refractivity contribution is 7.94. The highest BCUT2D eigenvalue weighted by atomic mass is 32.2. The van der Waals surface area contributed by atoms with E-state index >= 15 is 0 Å². The van der Waals surface area contributed by atoms with Crippen LogP contribution in [0.3, 0.4) is 0 Å². The molecule has 2 heterocycles. The van der Waals surface area contributed by atoms with Crippen LogP contribution < -0.4 is 15.5 Å². The van der Waals surface area contributed by atoms with Crippen LogP contribution in [0, 0.1) is 0 Å². The van der Waals surface area contributed by atoms with E-state index in [4.69, 9.17) is 9.15 Å². The molecule has 30 heavy (non-hydrogen) atoms. The molecular formula is C21H17NO7S. The quantitative estimate of drug-likeness (QED) is 0.638. The first-order valence-corrected chi connectivity index (χ1v) is 10.7. The van der Waals surface area contributed by atoms with Crippen LogP contribution in [0.1, 0.15) is 0 Å². The van der Waals surface area contributed by atoms with Crippen molar-refractivity contribution in [3.63, 3.8) is 0 Å². The SMILES string of the molecule is O=C(COc1cc(O)c2c(=O)cc(-c3ccccc3)oc2c1)N[C@H]1C=CS(=O)(=O)C1. The van der Waals surface area contributed by atoms with Gasteiger partial charge in [-0.2, -0.15) is 0 Å². The minimum Gasteiger partial charge on any atom is -0.507 e. The van der Waals surface area contributed by atoms with Gasteiger partial charge in [0.15, 0.2) is 21.9 Å². The van der Waals surface area contributed by atoms with Gasteiger partial charge in [-0.3, -0.25) is 9.59 Å². The van der Waals surface area contributed by atoms with Gasteiger partial charge in [0.05, 0.1) is 11.8 Å². The normalized spacial score (nSPS) is 17.1. The summed E-state index contributed by atoms with van der Waals surface area (Å²) < 4.78 is 33.9. The molecule has 0 aliphatic carbocycles. The molecule has 3 aromatic rings. The highest BCUT2D eigenvalue weighted by Crippen LogP contribution is 2.31. The largest absolute Gasteiger partial charge is 0.507 e. The molecule has 0 radical (unpaired) electrons. The summed E-state index contributed by atoms with van der Waals surface area (Å²) in [5, 5.41) is 13.8. The lowest BCUT2D eigenvalue weighted by Gasteiger charge is -2.12. The van der Waals surface area contributed by atoms with Gasteiger partial charge in [0.1, 0.15) is 28.2 Å². The van der Waals surface area contributed by atoms with Crippen LogP contribution >= 0.6 is 0 Å². The van der Waals surface area contributed by atoms with Crippen molar-refractivity contribution in [2.24, 2.45) is 0 Å². The average molecular weight is 427 g/mol. The molecule has 154 valence electrons. The summed E-state index contributed by atoms with van der Waals surface area (Å²) in [5.74, 6) is -0.597. The Hall–Kier alpha value is -3.59. The predicted octanol–water partition coefficient (Wildman–Crippen LogP) is 1.97. The third-order valence-electron chi connectivity index (χ3n) is 4.49. The average Bonchev–Trinajstić information content (AvgIpc) is 3.04. The number of phenolic OH excluding ortho intramolecular Hbond substituents is 1. The lowest BCUT2D eigenvalue weighted by molar-refractivity contribution is -0.123. The number of carbonyl (C=O) groups is 1. The Balaban J connectivity index is 1.54. The monoisotopic (exact) mass is 427 g/mol. The topological polar surface area (TPSA) is 123 Å².